The predicted octanol–water partition coefficient (Wildman–Crippen LogP) is 1.72. The second kappa shape index (κ2) is 4.71. The molecule has 90 valence electrons. The van der Waals surface area contributed by atoms with E-state index in [0.717, 1.165) is 25.5 Å². The molecule has 6 heteroatoms. The van der Waals surface area contributed by atoms with Gasteiger partial charge in [-0.1, -0.05) is 11.6 Å². The Balaban J connectivity index is 2.14. The molecule has 1 aliphatic rings. The van der Waals surface area contributed by atoms with Gasteiger partial charge in [0, 0.05) is 12.2 Å². The zero-order valence-electron chi connectivity index (χ0n) is 8.94. The number of carboxylic acids is 1. The maximum atomic E-state index is 11.7. The van der Waals surface area contributed by atoms with Crippen LogP contribution >= 0.6 is 11.6 Å². The summed E-state index contributed by atoms with van der Waals surface area (Å²) >= 11 is 5.83. The van der Waals surface area contributed by atoms with Gasteiger partial charge in [0.25, 0.3) is 5.91 Å². The van der Waals surface area contributed by atoms with Crippen molar-refractivity contribution >= 4 is 23.5 Å². The quantitative estimate of drug-likeness (QED) is 0.861. The Hall–Kier alpha value is -1.62. The maximum absolute atomic E-state index is 11.7. The van der Waals surface area contributed by atoms with E-state index in [0.29, 0.717) is 0 Å². The van der Waals surface area contributed by atoms with Gasteiger partial charge in [-0.25, -0.2) is 9.78 Å². The summed E-state index contributed by atoms with van der Waals surface area (Å²) in [5.74, 6) is -1.47. The van der Waals surface area contributed by atoms with Crippen LogP contribution in [-0.4, -0.2) is 28.0 Å². The molecule has 0 bridgehead atoms. The van der Waals surface area contributed by atoms with Crippen molar-refractivity contribution in [2.75, 3.05) is 0 Å². The summed E-state index contributed by atoms with van der Waals surface area (Å²) < 4.78 is 0. The minimum absolute atomic E-state index is 0.0322. The van der Waals surface area contributed by atoms with Gasteiger partial charge in [-0.15, -0.1) is 0 Å². The second-order valence-corrected chi connectivity index (χ2v) is 4.37. The van der Waals surface area contributed by atoms with E-state index in [1.165, 1.54) is 6.07 Å². The molecule has 1 aromatic rings. The lowest BCUT2D eigenvalue weighted by atomic mass is 9.93. The summed E-state index contributed by atoms with van der Waals surface area (Å²) in [7, 11) is 0. The number of rotatable bonds is 3. The first kappa shape index (κ1) is 11.9. The van der Waals surface area contributed by atoms with Crippen LogP contribution in [0.25, 0.3) is 0 Å². The number of aromatic carboxylic acids is 1. The normalized spacial score (nSPS) is 15.1. The number of nitrogens with zero attached hydrogens (tertiary/aromatic N) is 1. The van der Waals surface area contributed by atoms with Gasteiger partial charge < -0.3 is 10.4 Å². The Morgan fingerprint density at radius 2 is 2.18 bits per heavy atom. The molecule has 0 saturated heterocycles. The summed E-state index contributed by atoms with van der Waals surface area (Å²) in [5.41, 5.74) is 0.0405. The molecule has 0 aliphatic heterocycles. The molecule has 0 spiro atoms. The number of halogens is 1. The van der Waals surface area contributed by atoms with E-state index in [-0.39, 0.29) is 28.2 Å². The van der Waals surface area contributed by atoms with E-state index in [4.69, 9.17) is 16.7 Å². The van der Waals surface area contributed by atoms with Crippen LogP contribution < -0.4 is 5.32 Å². The highest BCUT2D eigenvalue weighted by molar-refractivity contribution is 6.33. The molecule has 2 N–H and O–H groups in total. The highest BCUT2D eigenvalue weighted by atomic mass is 35.5. The number of carbonyl (C=O) groups is 2. The van der Waals surface area contributed by atoms with Gasteiger partial charge in [-0.3, -0.25) is 4.79 Å². The van der Waals surface area contributed by atoms with Gasteiger partial charge in [-0.2, -0.15) is 0 Å². The van der Waals surface area contributed by atoms with E-state index < -0.39 is 5.97 Å². The number of amides is 1. The van der Waals surface area contributed by atoms with Crippen LogP contribution in [0, 0.1) is 0 Å². The Morgan fingerprint density at radius 1 is 1.47 bits per heavy atom. The third-order valence-electron chi connectivity index (χ3n) is 2.74. The molecule has 0 radical (unpaired) electrons. The minimum Gasteiger partial charge on any atom is -0.478 e. The Bertz CT molecular complexity index is 472. The average Bonchev–Trinajstić information content (AvgIpc) is 2.22. The fourth-order valence-corrected chi connectivity index (χ4v) is 1.78. The topological polar surface area (TPSA) is 79.3 Å². The number of pyridine rings is 1. The van der Waals surface area contributed by atoms with Gasteiger partial charge >= 0.3 is 5.97 Å². The number of carbonyl (C=O) groups excluding carboxylic acids is 1. The van der Waals surface area contributed by atoms with E-state index in [1.54, 1.807) is 0 Å². The highest BCUT2D eigenvalue weighted by Crippen LogP contribution is 2.20. The van der Waals surface area contributed by atoms with Crippen molar-refractivity contribution < 1.29 is 14.7 Å². The second-order valence-electron chi connectivity index (χ2n) is 3.96. The van der Waals surface area contributed by atoms with Crippen LogP contribution in [0.3, 0.4) is 0 Å². The first-order valence-corrected chi connectivity index (χ1v) is 5.65. The lowest BCUT2D eigenvalue weighted by Crippen LogP contribution is -2.39. The SMILES string of the molecule is O=C(O)c1cnc(C(=O)NC2CCC2)c(Cl)c1. The summed E-state index contributed by atoms with van der Waals surface area (Å²) in [6, 6.07) is 1.42. The van der Waals surface area contributed by atoms with E-state index >= 15 is 0 Å². The van der Waals surface area contributed by atoms with Gasteiger partial charge in [0.15, 0.2) is 0 Å². The molecule has 0 unspecified atom stereocenters. The molecular weight excluding hydrogens is 244 g/mol. The molecule has 1 heterocycles. The number of nitrogens with one attached hydrogen (secondary N) is 1. The third-order valence-corrected chi connectivity index (χ3v) is 3.03. The lowest BCUT2D eigenvalue weighted by Gasteiger charge is -2.26. The standard InChI is InChI=1S/C11H11ClN2O3/c12-8-4-6(11(16)17)5-13-9(8)10(15)14-7-2-1-3-7/h4-5,7H,1-3H2,(H,14,15)(H,16,17). The monoisotopic (exact) mass is 254 g/mol. The zero-order valence-corrected chi connectivity index (χ0v) is 9.70. The number of hydrogen-bond donors (Lipinski definition) is 2. The van der Waals surface area contributed by atoms with Crippen molar-refractivity contribution in [1.82, 2.24) is 10.3 Å². The first-order valence-electron chi connectivity index (χ1n) is 5.27. The fraction of sp³-hybridized carbons (Fsp3) is 0.364. The van der Waals surface area contributed by atoms with Crippen LogP contribution in [0.15, 0.2) is 12.3 Å². The average molecular weight is 255 g/mol. The van der Waals surface area contributed by atoms with E-state index in [2.05, 4.69) is 10.3 Å². The smallest absolute Gasteiger partial charge is 0.337 e. The summed E-state index contributed by atoms with van der Waals surface area (Å²) in [4.78, 5) is 26.2. The lowest BCUT2D eigenvalue weighted by molar-refractivity contribution is 0.0695. The van der Waals surface area contributed by atoms with Crippen LogP contribution in [-0.2, 0) is 0 Å². The molecule has 1 aromatic heterocycles. The van der Waals surface area contributed by atoms with Crippen molar-refractivity contribution in [1.29, 1.82) is 0 Å². The van der Waals surface area contributed by atoms with E-state index in [1.807, 2.05) is 0 Å². The molecule has 0 aromatic carbocycles. The van der Waals surface area contributed by atoms with Crippen molar-refractivity contribution in [2.24, 2.45) is 0 Å². The fourth-order valence-electron chi connectivity index (χ4n) is 1.53. The van der Waals surface area contributed by atoms with Crippen molar-refractivity contribution in [3.8, 4) is 0 Å². The van der Waals surface area contributed by atoms with Crippen molar-refractivity contribution in [3.63, 3.8) is 0 Å². The largest absolute Gasteiger partial charge is 0.478 e. The molecule has 1 aliphatic carbocycles. The van der Waals surface area contributed by atoms with Gasteiger partial charge in [0.05, 0.1) is 10.6 Å². The van der Waals surface area contributed by atoms with E-state index in [9.17, 15) is 9.59 Å². The number of hydrogen-bond acceptors (Lipinski definition) is 3. The zero-order chi connectivity index (χ0) is 12.4. The Kier molecular flexibility index (Phi) is 3.28. The minimum atomic E-state index is -1.12. The maximum Gasteiger partial charge on any atom is 0.337 e. The van der Waals surface area contributed by atoms with Crippen molar-refractivity contribution in [2.45, 2.75) is 25.3 Å². The summed E-state index contributed by atoms with van der Waals surface area (Å²) in [6.45, 7) is 0. The van der Waals surface area contributed by atoms with Crippen LogP contribution in [0.1, 0.15) is 40.1 Å². The van der Waals surface area contributed by atoms with Crippen LogP contribution in [0.5, 0.6) is 0 Å². The molecular formula is C11H11ClN2O3. The Labute approximate surface area is 103 Å². The highest BCUT2D eigenvalue weighted by Gasteiger charge is 2.22. The summed E-state index contributed by atoms with van der Waals surface area (Å²) in [6.07, 6.45) is 4.18. The van der Waals surface area contributed by atoms with Gasteiger partial charge in [0.2, 0.25) is 0 Å². The first-order chi connectivity index (χ1) is 8.08. The molecule has 2 rings (SSSR count). The van der Waals surface area contributed by atoms with Gasteiger partial charge in [0.1, 0.15) is 5.69 Å². The molecule has 0 atom stereocenters. The van der Waals surface area contributed by atoms with Crippen molar-refractivity contribution in [3.05, 3.63) is 28.5 Å². The Morgan fingerprint density at radius 3 is 2.65 bits per heavy atom. The molecule has 1 amide bonds. The molecule has 1 saturated carbocycles. The molecule has 5 nitrogen and oxygen atoms in total. The number of carboxylic acid groups (broad SMARTS) is 1. The summed E-state index contributed by atoms with van der Waals surface area (Å²) in [5, 5.41) is 11.6. The number of aromatic nitrogens is 1. The van der Waals surface area contributed by atoms with Crippen LogP contribution in [0.2, 0.25) is 5.02 Å². The van der Waals surface area contributed by atoms with Crippen LogP contribution in [0.4, 0.5) is 0 Å². The predicted molar refractivity (Wildman–Crippen MR) is 61.3 cm³/mol. The third kappa shape index (κ3) is 2.55. The molecule has 1 fully saturated rings. The molecule has 17 heavy (non-hydrogen) atoms. The van der Waals surface area contributed by atoms with Gasteiger partial charge in [-0.05, 0) is 25.3 Å².